The zero-order chi connectivity index (χ0) is 13.6. The molecule has 0 radical (unpaired) electrons. The van der Waals surface area contributed by atoms with Crippen molar-refractivity contribution in [3.8, 4) is 0 Å². The summed E-state index contributed by atoms with van der Waals surface area (Å²) in [5.74, 6) is 0.988. The molecule has 0 bridgehead atoms. The number of thioether (sulfide) groups is 1. The van der Waals surface area contributed by atoms with Crippen molar-refractivity contribution in [1.82, 2.24) is 5.32 Å². The number of hydrogen-bond donors (Lipinski definition) is 2. The molecule has 1 aromatic rings. The molecule has 0 saturated heterocycles. The number of amides is 1. The molecule has 0 aromatic heterocycles. The highest BCUT2D eigenvalue weighted by atomic mass is 32.2. The minimum Gasteiger partial charge on any atom is -0.324 e. The van der Waals surface area contributed by atoms with E-state index in [9.17, 15) is 4.79 Å². The van der Waals surface area contributed by atoms with Gasteiger partial charge in [0.05, 0.1) is 12.2 Å². The Balaban J connectivity index is 2.59. The molecule has 0 saturated carbocycles. The molecule has 18 heavy (non-hydrogen) atoms. The smallest absolute Gasteiger partial charge is 0.238 e. The lowest BCUT2D eigenvalue weighted by Gasteiger charge is -2.20. The van der Waals surface area contributed by atoms with Crippen LogP contribution < -0.4 is 10.6 Å². The first-order valence-corrected chi connectivity index (χ1v) is 7.17. The van der Waals surface area contributed by atoms with Crippen LogP contribution in [-0.2, 0) is 4.79 Å². The fraction of sp³-hybridized carbons (Fsp3) is 0.500. The molecular weight excluding hydrogens is 244 g/mol. The van der Waals surface area contributed by atoms with E-state index < -0.39 is 0 Å². The van der Waals surface area contributed by atoms with Gasteiger partial charge in [-0.2, -0.15) is 0 Å². The van der Waals surface area contributed by atoms with Gasteiger partial charge in [-0.05, 0) is 38.7 Å². The fourth-order valence-electron chi connectivity index (χ4n) is 1.39. The highest BCUT2D eigenvalue weighted by molar-refractivity contribution is 7.99. The lowest BCUT2D eigenvalue weighted by molar-refractivity contribution is -0.115. The van der Waals surface area contributed by atoms with Crippen molar-refractivity contribution in [3.05, 3.63) is 24.3 Å². The normalized spacial score (nSPS) is 11.3. The van der Waals surface area contributed by atoms with Gasteiger partial charge in [-0.15, -0.1) is 11.8 Å². The van der Waals surface area contributed by atoms with Crippen LogP contribution in [0, 0.1) is 0 Å². The largest absolute Gasteiger partial charge is 0.324 e. The van der Waals surface area contributed by atoms with E-state index in [-0.39, 0.29) is 11.4 Å². The summed E-state index contributed by atoms with van der Waals surface area (Å²) >= 11 is 1.73. The predicted molar refractivity (Wildman–Crippen MR) is 79.2 cm³/mol. The van der Waals surface area contributed by atoms with Crippen LogP contribution in [-0.4, -0.2) is 23.7 Å². The Morgan fingerprint density at radius 1 is 1.28 bits per heavy atom. The van der Waals surface area contributed by atoms with Gasteiger partial charge < -0.3 is 10.6 Å². The number of carbonyl (C=O) groups excluding carboxylic acids is 1. The van der Waals surface area contributed by atoms with E-state index in [2.05, 4.69) is 17.6 Å². The molecule has 0 aliphatic heterocycles. The Hall–Kier alpha value is -1.00. The zero-order valence-electron chi connectivity index (χ0n) is 11.5. The standard InChI is InChI=1S/C14H22N2OS/c1-5-18-12-9-7-6-8-11(12)16-13(17)10-15-14(2,3)4/h6-9,15H,5,10H2,1-4H3,(H,16,17). The summed E-state index contributed by atoms with van der Waals surface area (Å²) in [6, 6.07) is 7.89. The van der Waals surface area contributed by atoms with Crippen LogP contribution in [0.3, 0.4) is 0 Å². The molecule has 2 N–H and O–H groups in total. The highest BCUT2D eigenvalue weighted by Crippen LogP contribution is 2.26. The van der Waals surface area contributed by atoms with Crippen LogP contribution in [0.5, 0.6) is 0 Å². The molecule has 1 amide bonds. The number of para-hydroxylation sites is 1. The Kier molecular flexibility index (Phi) is 5.69. The fourth-order valence-corrected chi connectivity index (χ4v) is 2.15. The van der Waals surface area contributed by atoms with Crippen molar-refractivity contribution in [2.45, 2.75) is 38.1 Å². The molecule has 0 atom stereocenters. The van der Waals surface area contributed by atoms with Gasteiger partial charge in [0.1, 0.15) is 0 Å². The van der Waals surface area contributed by atoms with Crippen LogP contribution in [0.1, 0.15) is 27.7 Å². The third kappa shape index (κ3) is 5.56. The van der Waals surface area contributed by atoms with Crippen LogP contribution >= 0.6 is 11.8 Å². The molecule has 0 heterocycles. The topological polar surface area (TPSA) is 41.1 Å². The third-order valence-electron chi connectivity index (χ3n) is 2.24. The number of benzene rings is 1. The maximum atomic E-state index is 11.8. The van der Waals surface area contributed by atoms with Crippen LogP contribution in [0.15, 0.2) is 29.2 Å². The minimum absolute atomic E-state index is 0.00548. The average Bonchev–Trinajstić information content (AvgIpc) is 2.29. The number of hydrogen-bond acceptors (Lipinski definition) is 3. The molecule has 3 nitrogen and oxygen atoms in total. The Morgan fingerprint density at radius 2 is 1.94 bits per heavy atom. The molecule has 0 aliphatic rings. The quantitative estimate of drug-likeness (QED) is 0.805. The van der Waals surface area contributed by atoms with Gasteiger partial charge in [0, 0.05) is 10.4 Å². The first-order chi connectivity index (χ1) is 8.42. The molecular formula is C14H22N2OS. The number of anilines is 1. The molecule has 0 unspecified atom stereocenters. The number of nitrogens with one attached hydrogen (secondary N) is 2. The summed E-state index contributed by atoms with van der Waals surface area (Å²) < 4.78 is 0. The van der Waals surface area contributed by atoms with E-state index in [4.69, 9.17) is 0 Å². The van der Waals surface area contributed by atoms with Crippen molar-refractivity contribution >= 4 is 23.4 Å². The van der Waals surface area contributed by atoms with Crippen molar-refractivity contribution < 1.29 is 4.79 Å². The van der Waals surface area contributed by atoms with Gasteiger partial charge >= 0.3 is 0 Å². The first-order valence-electron chi connectivity index (χ1n) is 6.19. The van der Waals surface area contributed by atoms with Crippen LogP contribution in [0.2, 0.25) is 0 Å². The molecule has 1 rings (SSSR count). The van der Waals surface area contributed by atoms with Crippen LogP contribution in [0.4, 0.5) is 5.69 Å². The molecule has 0 spiro atoms. The minimum atomic E-state index is -0.0466. The second kappa shape index (κ2) is 6.81. The summed E-state index contributed by atoms with van der Waals surface area (Å²) in [6.45, 7) is 8.56. The van der Waals surface area contributed by atoms with Gasteiger partial charge in [-0.25, -0.2) is 0 Å². The van der Waals surface area contributed by atoms with E-state index in [0.29, 0.717) is 6.54 Å². The molecule has 100 valence electrons. The summed E-state index contributed by atoms with van der Waals surface area (Å²) in [7, 11) is 0. The summed E-state index contributed by atoms with van der Waals surface area (Å²) in [4.78, 5) is 12.9. The maximum Gasteiger partial charge on any atom is 0.238 e. The molecule has 4 heteroatoms. The summed E-state index contributed by atoms with van der Waals surface area (Å²) in [6.07, 6.45) is 0. The van der Waals surface area contributed by atoms with Gasteiger partial charge in [-0.3, -0.25) is 4.79 Å². The Bertz CT molecular complexity index is 399. The Morgan fingerprint density at radius 3 is 2.56 bits per heavy atom. The van der Waals surface area contributed by atoms with E-state index in [1.54, 1.807) is 11.8 Å². The second-order valence-electron chi connectivity index (χ2n) is 5.08. The second-order valence-corrected chi connectivity index (χ2v) is 6.39. The van der Waals surface area contributed by atoms with E-state index in [1.807, 2.05) is 45.0 Å². The maximum absolute atomic E-state index is 11.8. The lowest BCUT2D eigenvalue weighted by atomic mass is 10.1. The van der Waals surface area contributed by atoms with E-state index in [0.717, 1.165) is 16.3 Å². The van der Waals surface area contributed by atoms with Gasteiger partial charge in [0.15, 0.2) is 0 Å². The van der Waals surface area contributed by atoms with Gasteiger partial charge in [0.2, 0.25) is 5.91 Å². The molecule has 0 fully saturated rings. The van der Waals surface area contributed by atoms with E-state index >= 15 is 0 Å². The van der Waals surface area contributed by atoms with Crippen LogP contribution in [0.25, 0.3) is 0 Å². The first kappa shape index (κ1) is 15.1. The van der Waals surface area contributed by atoms with Crippen molar-refractivity contribution in [2.75, 3.05) is 17.6 Å². The Labute approximate surface area is 114 Å². The number of rotatable bonds is 5. The summed E-state index contributed by atoms with van der Waals surface area (Å²) in [5.41, 5.74) is 0.847. The molecule has 0 aliphatic carbocycles. The predicted octanol–water partition coefficient (Wildman–Crippen LogP) is 3.13. The van der Waals surface area contributed by atoms with Crippen molar-refractivity contribution in [2.24, 2.45) is 0 Å². The number of carbonyl (C=O) groups is 1. The summed E-state index contributed by atoms with van der Waals surface area (Å²) in [5, 5.41) is 6.12. The van der Waals surface area contributed by atoms with Crippen molar-refractivity contribution in [1.29, 1.82) is 0 Å². The third-order valence-corrected chi connectivity index (χ3v) is 3.20. The highest BCUT2D eigenvalue weighted by Gasteiger charge is 2.12. The van der Waals surface area contributed by atoms with Gasteiger partial charge in [-0.1, -0.05) is 19.1 Å². The lowest BCUT2D eigenvalue weighted by Crippen LogP contribution is -2.41. The van der Waals surface area contributed by atoms with Gasteiger partial charge in [0.25, 0.3) is 0 Å². The molecule has 1 aromatic carbocycles. The monoisotopic (exact) mass is 266 g/mol. The SMILES string of the molecule is CCSc1ccccc1NC(=O)CNC(C)(C)C. The van der Waals surface area contributed by atoms with E-state index in [1.165, 1.54) is 0 Å². The average molecular weight is 266 g/mol. The van der Waals surface area contributed by atoms with Crippen molar-refractivity contribution in [3.63, 3.8) is 0 Å². The zero-order valence-corrected chi connectivity index (χ0v) is 12.4.